The van der Waals surface area contributed by atoms with Crippen LogP contribution < -0.4 is 0 Å². The second kappa shape index (κ2) is 5.70. The number of halogens is 1. The van der Waals surface area contributed by atoms with Crippen molar-refractivity contribution in [2.45, 2.75) is 38.8 Å². The van der Waals surface area contributed by atoms with Crippen LogP contribution in [0.15, 0.2) is 12.3 Å². The summed E-state index contributed by atoms with van der Waals surface area (Å²) in [6, 6.07) is 2.69. The van der Waals surface area contributed by atoms with Crippen LogP contribution in [-0.4, -0.2) is 44.9 Å². The third-order valence-corrected chi connectivity index (χ3v) is 4.37. The van der Waals surface area contributed by atoms with Gasteiger partial charge in [0.2, 0.25) is 0 Å². The van der Waals surface area contributed by atoms with Gasteiger partial charge in [-0.1, -0.05) is 0 Å². The summed E-state index contributed by atoms with van der Waals surface area (Å²) in [4.78, 5) is 11.8. The third kappa shape index (κ3) is 2.54. The van der Waals surface area contributed by atoms with Crippen molar-refractivity contribution in [2.75, 3.05) is 19.5 Å². The minimum absolute atomic E-state index is 0.588. The Hall–Kier alpha value is -1.13. The molecule has 1 saturated heterocycles. The summed E-state index contributed by atoms with van der Waals surface area (Å²) < 4.78 is 2.27. The number of nitrogens with zero attached hydrogens (tertiary/aromatic N) is 4. The summed E-state index contributed by atoms with van der Waals surface area (Å²) in [5, 5.41) is 0. The summed E-state index contributed by atoms with van der Waals surface area (Å²) >= 11 is 5.93. The molecule has 4 nitrogen and oxygen atoms in total. The molecule has 3 rings (SSSR count). The highest BCUT2D eigenvalue weighted by Crippen LogP contribution is 2.21. The number of hydrogen-bond acceptors (Lipinski definition) is 3. The van der Waals surface area contributed by atoms with E-state index in [1.54, 1.807) is 0 Å². The molecule has 2 aromatic heterocycles. The molecule has 1 unspecified atom stereocenters. The van der Waals surface area contributed by atoms with Crippen molar-refractivity contribution >= 4 is 22.8 Å². The minimum Gasteiger partial charge on any atom is -0.311 e. The molecule has 0 bridgehead atoms. The van der Waals surface area contributed by atoms with E-state index in [2.05, 4.69) is 34.5 Å². The van der Waals surface area contributed by atoms with E-state index in [1.807, 2.05) is 6.20 Å². The molecular formula is C15H21ClN4. The standard InChI is InChI=1S/C15H21ClN4/c1-11-8-13-15(17-9-11)20(14(18-13)5-6-16)10-12-4-3-7-19(12)2/h8-9,12H,3-7,10H2,1-2H3. The number of fused-ring (bicyclic) bond motifs is 1. The molecule has 1 atom stereocenters. The highest BCUT2D eigenvalue weighted by Gasteiger charge is 2.23. The molecule has 5 heteroatoms. The highest BCUT2D eigenvalue weighted by molar-refractivity contribution is 6.17. The molecule has 0 radical (unpaired) electrons. The van der Waals surface area contributed by atoms with Gasteiger partial charge in [0.15, 0.2) is 5.65 Å². The zero-order chi connectivity index (χ0) is 14.1. The maximum Gasteiger partial charge on any atom is 0.160 e. The molecule has 108 valence electrons. The fourth-order valence-corrected chi connectivity index (χ4v) is 3.22. The van der Waals surface area contributed by atoms with Gasteiger partial charge in [-0.3, -0.25) is 0 Å². The van der Waals surface area contributed by atoms with Gasteiger partial charge in [0.05, 0.1) is 0 Å². The van der Waals surface area contributed by atoms with E-state index in [4.69, 9.17) is 16.6 Å². The second-order valence-corrected chi connectivity index (χ2v) is 6.09. The van der Waals surface area contributed by atoms with Crippen molar-refractivity contribution in [3.8, 4) is 0 Å². The number of hydrogen-bond donors (Lipinski definition) is 0. The number of rotatable bonds is 4. The Morgan fingerprint density at radius 3 is 3.00 bits per heavy atom. The van der Waals surface area contributed by atoms with Gasteiger partial charge in [-0.15, -0.1) is 11.6 Å². The Morgan fingerprint density at radius 1 is 1.45 bits per heavy atom. The minimum atomic E-state index is 0.588. The molecule has 0 N–H and O–H groups in total. The Bertz CT molecular complexity index is 607. The average Bonchev–Trinajstić information content (AvgIpc) is 2.96. The van der Waals surface area contributed by atoms with Gasteiger partial charge in [0.25, 0.3) is 0 Å². The fraction of sp³-hybridized carbons (Fsp3) is 0.600. The lowest BCUT2D eigenvalue weighted by Gasteiger charge is -2.21. The van der Waals surface area contributed by atoms with Gasteiger partial charge in [-0.2, -0.15) is 0 Å². The first-order valence-electron chi connectivity index (χ1n) is 7.27. The molecule has 1 aliphatic rings. The maximum absolute atomic E-state index is 5.93. The zero-order valence-electron chi connectivity index (χ0n) is 12.1. The summed E-state index contributed by atoms with van der Waals surface area (Å²) in [6.45, 7) is 4.21. The number of alkyl halides is 1. The van der Waals surface area contributed by atoms with E-state index in [0.29, 0.717) is 11.9 Å². The topological polar surface area (TPSA) is 34.0 Å². The van der Waals surface area contributed by atoms with Crippen molar-refractivity contribution in [2.24, 2.45) is 0 Å². The van der Waals surface area contributed by atoms with Gasteiger partial charge in [-0.25, -0.2) is 9.97 Å². The van der Waals surface area contributed by atoms with E-state index >= 15 is 0 Å². The van der Waals surface area contributed by atoms with Crippen molar-refractivity contribution in [1.29, 1.82) is 0 Å². The lowest BCUT2D eigenvalue weighted by molar-refractivity contribution is 0.282. The van der Waals surface area contributed by atoms with Crippen LogP contribution in [0.3, 0.4) is 0 Å². The largest absolute Gasteiger partial charge is 0.311 e. The van der Waals surface area contributed by atoms with Crippen LogP contribution >= 0.6 is 11.6 Å². The van der Waals surface area contributed by atoms with Gasteiger partial charge < -0.3 is 9.47 Å². The Labute approximate surface area is 124 Å². The first-order chi connectivity index (χ1) is 9.69. The quantitative estimate of drug-likeness (QED) is 0.813. The molecule has 1 aliphatic heterocycles. The first kappa shape index (κ1) is 13.8. The van der Waals surface area contributed by atoms with Crippen LogP contribution in [0.25, 0.3) is 11.2 Å². The van der Waals surface area contributed by atoms with E-state index in [-0.39, 0.29) is 0 Å². The summed E-state index contributed by atoms with van der Waals surface area (Å²) in [5.74, 6) is 1.66. The van der Waals surface area contributed by atoms with Gasteiger partial charge in [0, 0.05) is 31.1 Å². The molecule has 0 spiro atoms. The van der Waals surface area contributed by atoms with Crippen molar-refractivity contribution in [1.82, 2.24) is 19.4 Å². The van der Waals surface area contributed by atoms with Crippen molar-refractivity contribution < 1.29 is 0 Å². The van der Waals surface area contributed by atoms with Crippen molar-refractivity contribution in [3.05, 3.63) is 23.7 Å². The maximum atomic E-state index is 5.93. The predicted octanol–water partition coefficient (Wildman–Crippen LogP) is 2.62. The summed E-state index contributed by atoms with van der Waals surface area (Å²) in [5.41, 5.74) is 3.14. The number of likely N-dealkylation sites (N-methyl/N-ethyl adjacent to an activating group) is 1. The molecule has 2 aromatic rings. The second-order valence-electron chi connectivity index (χ2n) is 5.71. The number of aromatic nitrogens is 3. The Kier molecular flexibility index (Phi) is 3.94. The Balaban J connectivity index is 1.99. The number of likely N-dealkylation sites (tertiary alicyclic amines) is 1. The predicted molar refractivity (Wildman–Crippen MR) is 82.3 cm³/mol. The first-order valence-corrected chi connectivity index (χ1v) is 7.80. The molecule has 1 fully saturated rings. The van der Waals surface area contributed by atoms with Crippen LogP contribution in [-0.2, 0) is 13.0 Å². The molecule has 0 amide bonds. The molecule has 0 aliphatic carbocycles. The van der Waals surface area contributed by atoms with Crippen LogP contribution in [0.2, 0.25) is 0 Å². The molecular weight excluding hydrogens is 272 g/mol. The molecule has 20 heavy (non-hydrogen) atoms. The molecule has 0 saturated carbocycles. The van der Waals surface area contributed by atoms with Crippen LogP contribution in [0, 0.1) is 6.92 Å². The smallest absolute Gasteiger partial charge is 0.160 e. The lowest BCUT2D eigenvalue weighted by Crippen LogP contribution is -2.30. The van der Waals surface area contributed by atoms with E-state index < -0.39 is 0 Å². The summed E-state index contributed by atoms with van der Waals surface area (Å²) in [6.07, 6.45) is 5.25. The lowest BCUT2D eigenvalue weighted by atomic mass is 10.2. The molecule has 3 heterocycles. The highest BCUT2D eigenvalue weighted by atomic mass is 35.5. The molecule has 0 aromatic carbocycles. The number of aryl methyl sites for hydroxylation is 2. The Morgan fingerprint density at radius 2 is 2.30 bits per heavy atom. The van der Waals surface area contributed by atoms with Gasteiger partial charge in [0.1, 0.15) is 11.3 Å². The fourth-order valence-electron chi connectivity index (χ4n) is 3.05. The number of imidazole rings is 1. The monoisotopic (exact) mass is 292 g/mol. The van der Waals surface area contributed by atoms with Crippen LogP contribution in [0.5, 0.6) is 0 Å². The summed E-state index contributed by atoms with van der Waals surface area (Å²) in [7, 11) is 2.20. The van der Waals surface area contributed by atoms with E-state index in [1.165, 1.54) is 19.4 Å². The van der Waals surface area contributed by atoms with Crippen molar-refractivity contribution in [3.63, 3.8) is 0 Å². The van der Waals surface area contributed by atoms with E-state index in [9.17, 15) is 0 Å². The normalized spacial score (nSPS) is 20.1. The van der Waals surface area contributed by atoms with Gasteiger partial charge in [-0.05, 0) is 45.0 Å². The van der Waals surface area contributed by atoms with Gasteiger partial charge >= 0.3 is 0 Å². The van der Waals surface area contributed by atoms with Crippen LogP contribution in [0.1, 0.15) is 24.2 Å². The zero-order valence-corrected chi connectivity index (χ0v) is 12.9. The third-order valence-electron chi connectivity index (χ3n) is 4.18. The average molecular weight is 293 g/mol. The van der Waals surface area contributed by atoms with E-state index in [0.717, 1.165) is 35.5 Å². The number of pyridine rings is 1. The SMILES string of the molecule is Cc1cnc2c(c1)nc(CCCl)n2CC1CCCN1C. The van der Waals surface area contributed by atoms with Crippen LogP contribution in [0.4, 0.5) is 0 Å².